The number of ketones is 1. The van der Waals surface area contributed by atoms with Crippen molar-refractivity contribution in [2.24, 2.45) is 23.7 Å². The van der Waals surface area contributed by atoms with Gasteiger partial charge in [0.1, 0.15) is 12.2 Å². The van der Waals surface area contributed by atoms with Crippen molar-refractivity contribution in [2.45, 2.75) is 109 Å². The average molecular weight is 651 g/mol. The van der Waals surface area contributed by atoms with Crippen molar-refractivity contribution in [1.29, 1.82) is 0 Å². The highest BCUT2D eigenvalue weighted by atomic mass is 16.7. The van der Waals surface area contributed by atoms with Gasteiger partial charge in [-0.1, -0.05) is 44.4 Å². The van der Waals surface area contributed by atoms with Crippen LogP contribution in [0, 0.1) is 36.0 Å². The van der Waals surface area contributed by atoms with Gasteiger partial charge in [0, 0.05) is 17.8 Å². The molecule has 0 aliphatic carbocycles. The summed E-state index contributed by atoms with van der Waals surface area (Å²) in [6.07, 6.45) is 5.03. The number of rotatable bonds is 9. The number of carbonyl (C=O) groups is 2. The van der Waals surface area contributed by atoms with Gasteiger partial charge in [-0.05, 0) is 72.8 Å². The molecule has 46 heavy (non-hydrogen) atoms. The molecule has 0 bridgehead atoms. The third-order valence-corrected chi connectivity index (χ3v) is 9.41. The Labute approximate surface area is 275 Å². The Balaban J connectivity index is 2.59. The van der Waals surface area contributed by atoms with E-state index >= 15 is 0 Å². The maximum absolute atomic E-state index is 13.4. The summed E-state index contributed by atoms with van der Waals surface area (Å²) in [6.45, 7) is 9.73. The number of carbonyl (C=O) groups excluding carboxylic acids is 2. The monoisotopic (exact) mass is 650 g/mol. The Morgan fingerprint density at radius 1 is 1.09 bits per heavy atom. The average Bonchev–Trinajstić information content (AvgIpc) is 2.99. The van der Waals surface area contributed by atoms with Gasteiger partial charge >= 0.3 is 5.97 Å². The first-order valence-electron chi connectivity index (χ1n) is 16.5. The Kier molecular flexibility index (Phi) is 16.5. The van der Waals surface area contributed by atoms with Crippen LogP contribution in [0.1, 0.15) is 60.3 Å². The molecule has 2 unspecified atom stereocenters. The van der Waals surface area contributed by atoms with Gasteiger partial charge in [-0.2, -0.15) is 0 Å². The highest BCUT2D eigenvalue weighted by molar-refractivity contribution is 5.91. The van der Waals surface area contributed by atoms with Gasteiger partial charge in [0.25, 0.3) is 0 Å². The minimum Gasteiger partial charge on any atom is -0.462 e. The third kappa shape index (κ3) is 11.2. The first kappa shape index (κ1) is 40.0. The van der Waals surface area contributed by atoms with Crippen molar-refractivity contribution in [3.05, 3.63) is 23.8 Å². The fourth-order valence-corrected chi connectivity index (χ4v) is 6.48. The third-order valence-electron chi connectivity index (χ3n) is 9.41. The Hall–Kier alpha value is -2.14. The SMILES string of the molecule is C#CCN(C)CC[C@H]1C[C@@H](C)C(=O)/C=C/C(C)=C/[C@H](CO)[C@@H](CC)OC(=O)C[C@@H](O)[C@H](C)[C@H]1O[C@@H]1O[C@H](C)[C@@H](O)C(N(C)C)C1O. The molecule has 262 valence electrons. The number of cyclic esters (lactones) is 1. The maximum Gasteiger partial charge on any atom is 0.308 e. The molecule has 0 amide bonds. The Morgan fingerprint density at radius 3 is 2.35 bits per heavy atom. The number of aliphatic hydroxyl groups excluding tert-OH is 4. The van der Waals surface area contributed by atoms with Gasteiger partial charge in [-0.15, -0.1) is 6.42 Å². The predicted molar refractivity (Wildman–Crippen MR) is 175 cm³/mol. The van der Waals surface area contributed by atoms with Crippen molar-refractivity contribution in [3.63, 3.8) is 0 Å². The van der Waals surface area contributed by atoms with E-state index in [4.69, 9.17) is 20.6 Å². The summed E-state index contributed by atoms with van der Waals surface area (Å²) < 4.78 is 18.3. The second-order valence-electron chi connectivity index (χ2n) is 13.4. The Bertz CT molecular complexity index is 1070. The lowest BCUT2D eigenvalue weighted by Gasteiger charge is -2.46. The quantitative estimate of drug-likeness (QED) is 0.214. The number of terminal acetylenes is 1. The number of hydrogen-bond donors (Lipinski definition) is 4. The first-order chi connectivity index (χ1) is 21.6. The first-order valence-corrected chi connectivity index (χ1v) is 16.5. The van der Waals surface area contributed by atoms with Crippen molar-refractivity contribution < 1.29 is 44.2 Å². The van der Waals surface area contributed by atoms with Crippen LogP contribution >= 0.6 is 0 Å². The lowest BCUT2D eigenvalue weighted by Crippen LogP contribution is -2.63. The molecule has 1 fully saturated rings. The zero-order valence-electron chi connectivity index (χ0n) is 28.9. The number of likely N-dealkylation sites (N-methyl/N-ethyl adjacent to an activating group) is 1. The van der Waals surface area contributed by atoms with Crippen LogP contribution in [0.2, 0.25) is 0 Å². The molecule has 2 aliphatic rings. The second kappa shape index (κ2) is 19.0. The topological polar surface area (TPSA) is 149 Å². The highest BCUT2D eigenvalue weighted by Gasteiger charge is 2.47. The van der Waals surface area contributed by atoms with Crippen molar-refractivity contribution in [3.8, 4) is 12.3 Å². The smallest absolute Gasteiger partial charge is 0.308 e. The summed E-state index contributed by atoms with van der Waals surface area (Å²) in [4.78, 5) is 30.2. The molecule has 2 heterocycles. The van der Waals surface area contributed by atoms with E-state index in [2.05, 4.69) is 5.92 Å². The van der Waals surface area contributed by atoms with Crippen LogP contribution in [-0.2, 0) is 23.8 Å². The lowest BCUT2D eigenvalue weighted by molar-refractivity contribution is -0.304. The summed E-state index contributed by atoms with van der Waals surface area (Å²) in [5.41, 5.74) is 0.749. The molecule has 0 spiro atoms. The number of aliphatic hydroxyl groups is 4. The summed E-state index contributed by atoms with van der Waals surface area (Å²) in [5, 5.41) is 43.7. The van der Waals surface area contributed by atoms with Crippen molar-refractivity contribution in [1.82, 2.24) is 9.80 Å². The van der Waals surface area contributed by atoms with Gasteiger partial charge < -0.3 is 39.5 Å². The maximum atomic E-state index is 13.4. The van der Waals surface area contributed by atoms with E-state index in [9.17, 15) is 30.0 Å². The zero-order chi connectivity index (χ0) is 34.7. The summed E-state index contributed by atoms with van der Waals surface area (Å²) >= 11 is 0. The van der Waals surface area contributed by atoms with Crippen LogP contribution in [-0.4, -0.2) is 132 Å². The molecule has 0 aromatic rings. The predicted octanol–water partition coefficient (Wildman–Crippen LogP) is 1.77. The highest BCUT2D eigenvalue weighted by Crippen LogP contribution is 2.34. The molecule has 11 heteroatoms. The van der Waals surface area contributed by atoms with Crippen molar-refractivity contribution in [2.75, 3.05) is 40.8 Å². The Morgan fingerprint density at radius 2 is 1.76 bits per heavy atom. The molecule has 2 aliphatic heterocycles. The van der Waals surface area contributed by atoms with Crippen molar-refractivity contribution >= 4 is 11.8 Å². The van der Waals surface area contributed by atoms with Gasteiger partial charge in [0.15, 0.2) is 12.1 Å². The molecular weight excluding hydrogens is 592 g/mol. The van der Waals surface area contributed by atoms with Crippen LogP contribution < -0.4 is 0 Å². The summed E-state index contributed by atoms with van der Waals surface area (Å²) in [6, 6.07) is -0.678. The van der Waals surface area contributed by atoms with E-state index < -0.39 is 72.7 Å². The molecule has 0 aromatic heterocycles. The fourth-order valence-electron chi connectivity index (χ4n) is 6.48. The summed E-state index contributed by atoms with van der Waals surface area (Å²) in [7, 11) is 5.40. The number of esters is 1. The number of hydrogen-bond acceptors (Lipinski definition) is 11. The molecular formula is C35H58N2O9. The van der Waals surface area contributed by atoms with Gasteiger partial charge in [-0.25, -0.2) is 0 Å². The molecule has 11 nitrogen and oxygen atoms in total. The molecule has 2 rings (SSSR count). The van der Waals surface area contributed by atoms with E-state index in [-0.39, 0.29) is 24.7 Å². The van der Waals surface area contributed by atoms with Crippen LogP contribution in [0.3, 0.4) is 0 Å². The van der Waals surface area contributed by atoms with Gasteiger partial charge in [0.2, 0.25) is 0 Å². The largest absolute Gasteiger partial charge is 0.462 e. The van der Waals surface area contributed by atoms with E-state index in [1.54, 1.807) is 45.0 Å². The molecule has 12 atom stereocenters. The number of ether oxygens (including phenoxy) is 3. The molecule has 0 aromatic carbocycles. The lowest BCUT2D eigenvalue weighted by atomic mass is 9.79. The second-order valence-corrected chi connectivity index (χ2v) is 13.4. The van der Waals surface area contributed by atoms with E-state index in [0.717, 1.165) is 5.57 Å². The standard InChI is InChI=1S/C35H58N2O9/c1-10-15-37(9)16-14-25-18-22(4)27(39)13-12-21(3)17-26(20-38)29(11-2)45-30(41)19-28(40)23(5)34(25)46-35-33(43)31(36(7)8)32(42)24(6)44-35/h1,12-13,17,22-26,28-29,31-35,38,40,42-43H,11,14-16,18-20H2,2-9H3/b13-12+,21-17+/t22-,23+,24-,25+,26-,28-,29-,31?,32-,33?,34-,35+/m1/s1. The molecule has 1 saturated heterocycles. The molecule has 4 N–H and O–H groups in total. The van der Waals surface area contributed by atoms with Crippen LogP contribution in [0.15, 0.2) is 23.8 Å². The van der Waals surface area contributed by atoms with Crippen LogP contribution in [0.4, 0.5) is 0 Å². The minimum absolute atomic E-state index is 0.0915. The summed E-state index contributed by atoms with van der Waals surface area (Å²) in [5.74, 6) is 0.0432. The van der Waals surface area contributed by atoms with E-state index in [1.165, 1.54) is 6.08 Å². The normalized spacial score (nSPS) is 39.0. The van der Waals surface area contributed by atoms with Crippen LogP contribution in [0.5, 0.6) is 0 Å². The van der Waals surface area contributed by atoms with Crippen LogP contribution in [0.25, 0.3) is 0 Å². The van der Waals surface area contributed by atoms with Gasteiger partial charge in [0.05, 0.1) is 50.0 Å². The molecule has 0 radical (unpaired) electrons. The number of allylic oxidation sites excluding steroid dienone is 3. The van der Waals surface area contributed by atoms with Gasteiger partial charge in [-0.3, -0.25) is 14.5 Å². The van der Waals surface area contributed by atoms with E-state index in [0.29, 0.717) is 32.4 Å². The molecule has 0 saturated carbocycles. The minimum atomic E-state index is -1.22. The fraction of sp³-hybridized carbons (Fsp3) is 0.771. The zero-order valence-corrected chi connectivity index (χ0v) is 28.9. The van der Waals surface area contributed by atoms with E-state index in [1.807, 2.05) is 32.7 Å². The number of nitrogens with zero attached hydrogens (tertiary/aromatic N) is 2.